The van der Waals surface area contributed by atoms with Gasteiger partial charge < -0.3 is 9.32 Å². The van der Waals surface area contributed by atoms with Gasteiger partial charge in [0.15, 0.2) is 5.76 Å². The van der Waals surface area contributed by atoms with Gasteiger partial charge in [-0.05, 0) is 37.4 Å². The summed E-state index contributed by atoms with van der Waals surface area (Å²) in [6.07, 6.45) is 7.97. The molecule has 0 radical (unpaired) electrons. The highest BCUT2D eigenvalue weighted by atomic mass is 16.3. The van der Waals surface area contributed by atoms with Crippen molar-refractivity contribution < 1.29 is 9.21 Å². The second kappa shape index (κ2) is 5.85. The third-order valence-corrected chi connectivity index (χ3v) is 5.06. The lowest BCUT2D eigenvalue weighted by atomic mass is 9.92. The van der Waals surface area contributed by atoms with E-state index in [9.17, 15) is 4.79 Å². The van der Waals surface area contributed by atoms with E-state index in [0.29, 0.717) is 17.7 Å². The Hall–Kier alpha value is -2.08. The highest BCUT2D eigenvalue weighted by Gasteiger charge is 2.41. The maximum atomic E-state index is 12.5. The standard InChI is InChI=1S/C17H22N4O2/c1-19-9-13(8-18-19)10-20-6-2-4-14-11-21(12-15(14)20)17(22)16-5-3-7-23-16/h3,5,7-9,14-15H,2,4,6,10-12H2,1H3/t14-,15+/m1/s1. The Balaban J connectivity index is 1.47. The van der Waals surface area contributed by atoms with Crippen LogP contribution in [0.15, 0.2) is 35.2 Å². The summed E-state index contributed by atoms with van der Waals surface area (Å²) in [5, 5.41) is 4.26. The van der Waals surface area contributed by atoms with Crippen LogP contribution in [0.1, 0.15) is 29.0 Å². The second-order valence-electron chi connectivity index (χ2n) is 6.65. The third-order valence-electron chi connectivity index (χ3n) is 5.06. The molecule has 4 rings (SSSR count). The van der Waals surface area contributed by atoms with Crippen LogP contribution in [0.3, 0.4) is 0 Å². The van der Waals surface area contributed by atoms with Gasteiger partial charge in [-0.15, -0.1) is 0 Å². The van der Waals surface area contributed by atoms with Crippen LogP contribution in [0.5, 0.6) is 0 Å². The predicted molar refractivity (Wildman–Crippen MR) is 84.7 cm³/mol. The van der Waals surface area contributed by atoms with E-state index in [1.807, 2.05) is 22.8 Å². The van der Waals surface area contributed by atoms with Gasteiger partial charge in [-0.2, -0.15) is 5.10 Å². The highest BCUT2D eigenvalue weighted by molar-refractivity contribution is 5.91. The molecule has 6 nitrogen and oxygen atoms in total. The van der Waals surface area contributed by atoms with Crippen LogP contribution in [0.2, 0.25) is 0 Å². The second-order valence-corrected chi connectivity index (χ2v) is 6.65. The zero-order chi connectivity index (χ0) is 15.8. The molecule has 0 aliphatic carbocycles. The number of furan rings is 1. The van der Waals surface area contributed by atoms with Crippen LogP contribution in [-0.4, -0.2) is 51.2 Å². The fourth-order valence-electron chi connectivity index (χ4n) is 3.98. The van der Waals surface area contributed by atoms with Crippen molar-refractivity contribution >= 4 is 5.91 Å². The van der Waals surface area contributed by atoms with Crippen molar-refractivity contribution in [3.8, 4) is 0 Å². The van der Waals surface area contributed by atoms with E-state index in [0.717, 1.165) is 26.2 Å². The molecule has 2 aliphatic heterocycles. The summed E-state index contributed by atoms with van der Waals surface area (Å²) in [6, 6.07) is 3.96. The summed E-state index contributed by atoms with van der Waals surface area (Å²) in [5.74, 6) is 1.03. The van der Waals surface area contributed by atoms with Gasteiger partial charge in [0.2, 0.25) is 0 Å². The number of piperidine rings is 1. The Morgan fingerprint density at radius 1 is 1.43 bits per heavy atom. The van der Waals surface area contributed by atoms with Gasteiger partial charge in [-0.25, -0.2) is 0 Å². The van der Waals surface area contributed by atoms with Gasteiger partial charge in [-0.3, -0.25) is 14.4 Å². The fraction of sp³-hybridized carbons (Fsp3) is 0.529. The molecule has 0 spiro atoms. The molecule has 0 unspecified atom stereocenters. The average Bonchev–Trinajstić information content (AvgIpc) is 3.26. The summed E-state index contributed by atoms with van der Waals surface area (Å²) >= 11 is 0. The molecule has 0 bridgehead atoms. The number of aryl methyl sites for hydroxylation is 1. The number of amides is 1. The highest BCUT2D eigenvalue weighted by Crippen LogP contribution is 2.32. The number of nitrogens with zero attached hydrogens (tertiary/aromatic N) is 4. The number of carbonyl (C=O) groups excluding carboxylic acids is 1. The number of aromatic nitrogens is 2. The summed E-state index contributed by atoms with van der Waals surface area (Å²) < 4.78 is 7.12. The minimum absolute atomic E-state index is 0.0192. The maximum Gasteiger partial charge on any atom is 0.289 e. The van der Waals surface area contributed by atoms with Crippen molar-refractivity contribution in [3.63, 3.8) is 0 Å². The van der Waals surface area contributed by atoms with E-state index in [1.165, 1.54) is 18.4 Å². The molecule has 6 heteroatoms. The summed E-state index contributed by atoms with van der Waals surface area (Å²) in [5.41, 5.74) is 1.24. The summed E-state index contributed by atoms with van der Waals surface area (Å²) in [4.78, 5) is 17.0. The minimum atomic E-state index is 0.0192. The molecule has 122 valence electrons. The molecular weight excluding hydrogens is 292 g/mol. The monoisotopic (exact) mass is 314 g/mol. The molecule has 4 heterocycles. The Labute approximate surface area is 135 Å². The average molecular weight is 314 g/mol. The first-order valence-electron chi connectivity index (χ1n) is 8.25. The smallest absolute Gasteiger partial charge is 0.289 e. The predicted octanol–water partition coefficient (Wildman–Crippen LogP) is 1.75. The third kappa shape index (κ3) is 2.79. The largest absolute Gasteiger partial charge is 0.459 e. The summed E-state index contributed by atoms with van der Waals surface area (Å²) in [7, 11) is 1.95. The Bertz CT molecular complexity index is 679. The molecule has 0 N–H and O–H groups in total. The van der Waals surface area contributed by atoms with Crippen molar-refractivity contribution in [2.75, 3.05) is 19.6 Å². The topological polar surface area (TPSA) is 54.5 Å². The van der Waals surface area contributed by atoms with Crippen LogP contribution >= 0.6 is 0 Å². The number of hydrogen-bond donors (Lipinski definition) is 0. The van der Waals surface area contributed by atoms with E-state index in [-0.39, 0.29) is 5.91 Å². The Kier molecular flexibility index (Phi) is 3.69. The van der Waals surface area contributed by atoms with E-state index in [1.54, 1.807) is 18.4 Å². The molecule has 1 amide bonds. The van der Waals surface area contributed by atoms with Gasteiger partial charge in [0, 0.05) is 44.5 Å². The van der Waals surface area contributed by atoms with Crippen molar-refractivity contribution in [3.05, 3.63) is 42.1 Å². The number of fused-ring (bicyclic) bond motifs is 1. The maximum absolute atomic E-state index is 12.5. The first-order valence-corrected chi connectivity index (χ1v) is 8.25. The normalized spacial score (nSPS) is 24.8. The molecule has 23 heavy (non-hydrogen) atoms. The SMILES string of the molecule is Cn1cc(CN2CCC[C@@H]3CN(C(=O)c4ccco4)C[C@@H]32)cn1. The summed E-state index contributed by atoms with van der Waals surface area (Å²) in [6.45, 7) is 3.65. The van der Waals surface area contributed by atoms with Crippen LogP contribution in [-0.2, 0) is 13.6 Å². The molecule has 2 saturated heterocycles. The van der Waals surface area contributed by atoms with Crippen molar-refractivity contribution in [1.82, 2.24) is 19.6 Å². The molecule has 0 saturated carbocycles. The molecule has 2 aromatic rings. The first kappa shape index (κ1) is 14.5. The van der Waals surface area contributed by atoms with E-state index >= 15 is 0 Å². The van der Waals surface area contributed by atoms with Gasteiger partial charge >= 0.3 is 0 Å². The Morgan fingerprint density at radius 2 is 2.35 bits per heavy atom. The number of hydrogen-bond acceptors (Lipinski definition) is 4. The lowest BCUT2D eigenvalue weighted by Crippen LogP contribution is -2.44. The number of likely N-dealkylation sites (tertiary alicyclic amines) is 2. The molecule has 2 aliphatic rings. The van der Waals surface area contributed by atoms with Gasteiger partial charge in [-0.1, -0.05) is 0 Å². The zero-order valence-electron chi connectivity index (χ0n) is 13.4. The van der Waals surface area contributed by atoms with Crippen LogP contribution in [0.4, 0.5) is 0 Å². The molecule has 0 aromatic carbocycles. The number of rotatable bonds is 3. The lowest BCUT2D eigenvalue weighted by Gasteiger charge is -2.36. The lowest BCUT2D eigenvalue weighted by molar-refractivity contribution is 0.0743. The van der Waals surface area contributed by atoms with E-state index in [4.69, 9.17) is 4.42 Å². The molecular formula is C17H22N4O2. The van der Waals surface area contributed by atoms with Gasteiger partial charge in [0.05, 0.1) is 12.5 Å². The Morgan fingerprint density at radius 3 is 3.09 bits per heavy atom. The van der Waals surface area contributed by atoms with E-state index < -0.39 is 0 Å². The van der Waals surface area contributed by atoms with E-state index in [2.05, 4.69) is 16.2 Å². The first-order chi connectivity index (χ1) is 11.2. The molecule has 2 fully saturated rings. The van der Waals surface area contributed by atoms with Gasteiger partial charge in [0.1, 0.15) is 0 Å². The van der Waals surface area contributed by atoms with Crippen molar-refractivity contribution in [2.45, 2.75) is 25.4 Å². The van der Waals surface area contributed by atoms with Gasteiger partial charge in [0.25, 0.3) is 5.91 Å². The van der Waals surface area contributed by atoms with Crippen LogP contribution in [0.25, 0.3) is 0 Å². The minimum Gasteiger partial charge on any atom is -0.459 e. The van der Waals surface area contributed by atoms with Crippen LogP contribution < -0.4 is 0 Å². The van der Waals surface area contributed by atoms with Crippen molar-refractivity contribution in [1.29, 1.82) is 0 Å². The molecule has 2 atom stereocenters. The fourth-order valence-corrected chi connectivity index (χ4v) is 3.98. The number of carbonyl (C=O) groups is 1. The quantitative estimate of drug-likeness (QED) is 0.866. The molecule has 2 aromatic heterocycles. The van der Waals surface area contributed by atoms with Crippen LogP contribution in [0, 0.1) is 5.92 Å². The van der Waals surface area contributed by atoms with Crippen molar-refractivity contribution in [2.24, 2.45) is 13.0 Å². The zero-order valence-corrected chi connectivity index (χ0v) is 13.4.